The number of phenols is 1. The number of esters is 1. The van der Waals surface area contributed by atoms with Crippen molar-refractivity contribution in [3.63, 3.8) is 0 Å². The number of rotatable bonds is 10. The van der Waals surface area contributed by atoms with Crippen LogP contribution in [0.3, 0.4) is 0 Å². The quantitative estimate of drug-likeness (QED) is 0.0907. The van der Waals surface area contributed by atoms with Crippen LogP contribution in [0.25, 0.3) is 5.76 Å². The van der Waals surface area contributed by atoms with Gasteiger partial charge in [0, 0.05) is 5.56 Å². The molecule has 0 radical (unpaired) electrons. The van der Waals surface area contributed by atoms with Crippen molar-refractivity contribution < 1.29 is 38.8 Å². The van der Waals surface area contributed by atoms with Gasteiger partial charge < -0.3 is 24.4 Å². The number of ketones is 1. The average Bonchev–Trinajstić information content (AvgIpc) is 3.46. The second-order valence-corrected chi connectivity index (χ2v) is 10.9. The second-order valence-electron chi connectivity index (χ2n) is 9.08. The highest BCUT2D eigenvalue weighted by Crippen LogP contribution is 2.47. The van der Waals surface area contributed by atoms with Gasteiger partial charge >= 0.3 is 11.9 Å². The summed E-state index contributed by atoms with van der Waals surface area (Å²) >= 11 is 4.20. The third-order valence-electron chi connectivity index (χ3n) is 6.36. The first-order valence-electron chi connectivity index (χ1n) is 12.9. The smallest absolute Gasteiger partial charge is 0.350 e. The maximum atomic E-state index is 13.6. The lowest BCUT2D eigenvalue weighted by Crippen LogP contribution is -2.29. The summed E-state index contributed by atoms with van der Waals surface area (Å²) in [6.07, 6.45) is 1.79. The number of carbonyl (C=O) groups is 3. The highest BCUT2D eigenvalue weighted by atomic mass is 79.9. The molecule has 0 saturated carbocycles. The summed E-state index contributed by atoms with van der Waals surface area (Å²) in [5.74, 6) is -2.52. The number of ether oxygens (including phenoxy) is 3. The van der Waals surface area contributed by atoms with E-state index in [9.17, 15) is 24.6 Å². The van der Waals surface area contributed by atoms with Crippen LogP contribution in [-0.4, -0.2) is 53.2 Å². The van der Waals surface area contributed by atoms with Crippen LogP contribution in [0.4, 0.5) is 5.13 Å². The molecule has 0 spiro atoms. The number of aromatic hydroxyl groups is 1. The molecule has 1 atom stereocenters. The molecule has 1 amide bonds. The third kappa shape index (κ3) is 5.94. The average molecular weight is 646 g/mol. The summed E-state index contributed by atoms with van der Waals surface area (Å²) in [4.78, 5) is 45.4. The first-order chi connectivity index (χ1) is 19.6. The van der Waals surface area contributed by atoms with E-state index in [2.05, 4.69) is 20.9 Å². The Kier molecular flexibility index (Phi) is 9.34. The summed E-state index contributed by atoms with van der Waals surface area (Å²) < 4.78 is 16.4. The van der Waals surface area contributed by atoms with Gasteiger partial charge in [-0.15, -0.1) is 0 Å². The Hall–Kier alpha value is -3.90. The number of carbonyl (C=O) groups excluding carboxylic acids is 3. The molecule has 216 valence electrons. The summed E-state index contributed by atoms with van der Waals surface area (Å²) in [5.41, 5.74) is 0.735. The van der Waals surface area contributed by atoms with Gasteiger partial charge in [-0.1, -0.05) is 36.8 Å². The molecular weight excluding hydrogens is 616 g/mol. The molecule has 41 heavy (non-hydrogen) atoms. The van der Waals surface area contributed by atoms with Gasteiger partial charge in [0.1, 0.15) is 16.4 Å². The second kappa shape index (κ2) is 12.7. The van der Waals surface area contributed by atoms with Crippen molar-refractivity contribution in [1.82, 2.24) is 4.98 Å². The molecule has 3 aromatic rings. The van der Waals surface area contributed by atoms with Gasteiger partial charge in [-0.05, 0) is 66.0 Å². The zero-order valence-electron chi connectivity index (χ0n) is 22.9. The van der Waals surface area contributed by atoms with E-state index in [4.69, 9.17) is 14.2 Å². The number of aliphatic hydroxyl groups excluding tert-OH is 1. The minimum absolute atomic E-state index is 0.0662. The van der Waals surface area contributed by atoms with E-state index >= 15 is 0 Å². The lowest BCUT2D eigenvalue weighted by atomic mass is 9.95. The summed E-state index contributed by atoms with van der Waals surface area (Å²) in [7, 11) is 1.36. The van der Waals surface area contributed by atoms with E-state index in [-0.39, 0.29) is 43.7 Å². The van der Waals surface area contributed by atoms with Crippen LogP contribution in [0.15, 0.2) is 46.4 Å². The largest absolute Gasteiger partial charge is 0.507 e. The Bertz CT molecular complexity index is 1530. The summed E-state index contributed by atoms with van der Waals surface area (Å²) in [6.45, 7) is 5.95. The SMILES string of the molecule is CCCCOc1cccc(C(O)=C2C(=O)C(=O)N(c3nc(C)c(C(=O)OCC)s3)C2c2cc(Br)c(O)c(OC)c2)c1. The highest BCUT2D eigenvalue weighted by Gasteiger charge is 2.49. The maximum Gasteiger partial charge on any atom is 0.350 e. The third-order valence-corrected chi connectivity index (χ3v) is 8.10. The molecular formula is C29H29BrN2O8S. The fourth-order valence-electron chi connectivity index (χ4n) is 4.35. The van der Waals surface area contributed by atoms with Crippen LogP contribution in [0, 0.1) is 6.92 Å². The number of Topliss-reactive ketones (excluding diaryl/α,β-unsaturated/α-hetero) is 1. The number of unbranched alkanes of at least 4 members (excludes halogenated alkanes) is 1. The number of hydrogen-bond donors (Lipinski definition) is 2. The van der Waals surface area contributed by atoms with Crippen LogP contribution in [0.2, 0.25) is 0 Å². The molecule has 10 nitrogen and oxygen atoms in total. The van der Waals surface area contributed by atoms with Crippen molar-refractivity contribution in [2.75, 3.05) is 25.2 Å². The van der Waals surface area contributed by atoms with E-state index in [1.165, 1.54) is 19.2 Å². The van der Waals surface area contributed by atoms with Crippen LogP contribution in [0.1, 0.15) is 59.2 Å². The molecule has 12 heteroatoms. The summed E-state index contributed by atoms with van der Waals surface area (Å²) in [6, 6.07) is 8.42. The number of hydrogen-bond acceptors (Lipinski definition) is 10. The minimum atomic E-state index is -1.17. The number of anilines is 1. The van der Waals surface area contributed by atoms with Crippen LogP contribution in [0.5, 0.6) is 17.2 Å². The van der Waals surface area contributed by atoms with Crippen LogP contribution < -0.4 is 14.4 Å². The van der Waals surface area contributed by atoms with E-state index in [1.807, 2.05) is 6.92 Å². The molecule has 2 heterocycles. The molecule has 0 bridgehead atoms. The molecule has 0 aliphatic carbocycles. The number of halogens is 1. The normalized spacial score (nSPS) is 16.2. The number of phenolic OH excluding ortho intramolecular Hbond substituents is 1. The van der Waals surface area contributed by atoms with Crippen molar-refractivity contribution in [3.05, 3.63) is 68.1 Å². The van der Waals surface area contributed by atoms with Crippen molar-refractivity contribution in [2.24, 2.45) is 0 Å². The first kappa shape index (κ1) is 30.1. The fraction of sp³-hybridized carbons (Fsp3) is 0.310. The van der Waals surface area contributed by atoms with Crippen molar-refractivity contribution in [3.8, 4) is 17.2 Å². The van der Waals surface area contributed by atoms with Crippen molar-refractivity contribution in [1.29, 1.82) is 0 Å². The zero-order chi connectivity index (χ0) is 29.8. The lowest BCUT2D eigenvalue weighted by Gasteiger charge is -2.24. The summed E-state index contributed by atoms with van der Waals surface area (Å²) in [5, 5.41) is 22.0. The Morgan fingerprint density at radius 2 is 1.95 bits per heavy atom. The molecule has 1 aliphatic rings. The molecule has 4 rings (SSSR count). The zero-order valence-corrected chi connectivity index (χ0v) is 25.3. The topological polar surface area (TPSA) is 135 Å². The first-order valence-corrected chi connectivity index (χ1v) is 14.5. The predicted octanol–water partition coefficient (Wildman–Crippen LogP) is 5.91. The monoisotopic (exact) mass is 644 g/mol. The van der Waals surface area contributed by atoms with E-state index in [1.54, 1.807) is 38.1 Å². The molecule has 1 fully saturated rings. The Morgan fingerprint density at radius 1 is 1.20 bits per heavy atom. The van der Waals surface area contributed by atoms with E-state index < -0.39 is 29.5 Å². The lowest BCUT2D eigenvalue weighted by molar-refractivity contribution is -0.132. The Morgan fingerprint density at radius 3 is 2.63 bits per heavy atom. The van der Waals surface area contributed by atoms with Crippen molar-refractivity contribution in [2.45, 2.75) is 39.7 Å². The van der Waals surface area contributed by atoms with Gasteiger partial charge in [0.05, 0.1) is 42.1 Å². The van der Waals surface area contributed by atoms with Gasteiger partial charge in [-0.2, -0.15) is 0 Å². The van der Waals surface area contributed by atoms with E-state index in [0.29, 0.717) is 23.6 Å². The number of nitrogens with zero attached hydrogens (tertiary/aromatic N) is 2. The number of methoxy groups -OCH3 is 1. The number of thiazole rings is 1. The van der Waals surface area contributed by atoms with Crippen LogP contribution >= 0.6 is 27.3 Å². The molecule has 1 aromatic heterocycles. The number of aromatic nitrogens is 1. The number of amides is 1. The number of aryl methyl sites for hydroxylation is 1. The van der Waals surface area contributed by atoms with Crippen molar-refractivity contribution >= 4 is 55.8 Å². The van der Waals surface area contributed by atoms with Crippen LogP contribution in [-0.2, 0) is 14.3 Å². The van der Waals surface area contributed by atoms with Gasteiger partial charge in [-0.3, -0.25) is 14.5 Å². The van der Waals surface area contributed by atoms with Gasteiger partial charge in [0.2, 0.25) is 0 Å². The molecule has 1 aliphatic heterocycles. The molecule has 2 aromatic carbocycles. The van der Waals surface area contributed by atoms with Gasteiger partial charge in [0.25, 0.3) is 5.78 Å². The standard InChI is InChI=1S/C29H29BrN2O8S/c1-5-7-11-40-18-10-8-9-16(12-18)23(33)21-22(17-13-19(30)24(34)20(14-17)38-4)32(27(36)25(21)35)29-31-15(3)26(41-29)28(37)39-6-2/h8-10,12-14,22,33-34H,5-7,11H2,1-4H3. The number of aliphatic hydroxyl groups is 1. The molecule has 1 saturated heterocycles. The van der Waals surface area contributed by atoms with E-state index in [0.717, 1.165) is 29.1 Å². The highest BCUT2D eigenvalue weighted by molar-refractivity contribution is 9.10. The predicted molar refractivity (Wildman–Crippen MR) is 157 cm³/mol. The fourth-order valence-corrected chi connectivity index (χ4v) is 5.79. The van der Waals surface area contributed by atoms with Gasteiger partial charge in [0.15, 0.2) is 16.6 Å². The molecule has 2 N–H and O–H groups in total. The Labute approximate surface area is 249 Å². The minimum Gasteiger partial charge on any atom is -0.507 e. The molecule has 1 unspecified atom stereocenters. The van der Waals surface area contributed by atoms with Gasteiger partial charge in [-0.25, -0.2) is 9.78 Å². The number of benzene rings is 2. The maximum absolute atomic E-state index is 13.6. The Balaban J connectivity index is 1.92.